The molecule has 140 valence electrons. The Kier molecular flexibility index (Phi) is 4.52. The van der Waals surface area contributed by atoms with Crippen LogP contribution in [0.25, 0.3) is 22.2 Å². The highest BCUT2D eigenvalue weighted by Gasteiger charge is 2.32. The maximum Gasteiger partial charge on any atom is 0.344 e. The van der Waals surface area contributed by atoms with Gasteiger partial charge in [0.1, 0.15) is 5.52 Å². The van der Waals surface area contributed by atoms with E-state index < -0.39 is 5.97 Å². The Bertz CT molecular complexity index is 1190. The molecule has 1 N–H and O–H groups in total. The van der Waals surface area contributed by atoms with Gasteiger partial charge in [-0.3, -0.25) is 0 Å². The summed E-state index contributed by atoms with van der Waals surface area (Å²) in [7, 11) is 0. The Morgan fingerprint density at radius 2 is 1.96 bits per heavy atom. The van der Waals surface area contributed by atoms with E-state index in [2.05, 4.69) is 4.98 Å². The van der Waals surface area contributed by atoms with Crippen molar-refractivity contribution in [2.75, 3.05) is 0 Å². The maximum absolute atomic E-state index is 12.8. The lowest BCUT2D eigenvalue weighted by Gasteiger charge is -2.06. The quantitative estimate of drug-likeness (QED) is 0.454. The summed E-state index contributed by atoms with van der Waals surface area (Å²) in [5.74, 6) is -0.889. The summed E-state index contributed by atoms with van der Waals surface area (Å²) in [6.07, 6.45) is 0. The lowest BCUT2D eigenvalue weighted by Crippen LogP contribution is -2.06. The van der Waals surface area contributed by atoms with Crippen molar-refractivity contribution in [3.8, 4) is 11.1 Å². The second kappa shape index (κ2) is 7.01. The third kappa shape index (κ3) is 3.20. The molecule has 0 atom stereocenters. The average molecular weight is 393 g/mol. The van der Waals surface area contributed by atoms with E-state index >= 15 is 0 Å². The number of carboxylic acids is 1. The number of hydrogen-bond acceptors (Lipinski definition) is 5. The first-order valence-corrected chi connectivity index (χ1v) is 9.53. The Labute approximate surface area is 164 Å². The van der Waals surface area contributed by atoms with Crippen molar-refractivity contribution < 1.29 is 19.1 Å². The number of nitrogens with zero attached hydrogens (tertiary/aromatic N) is 2. The van der Waals surface area contributed by atoms with Crippen LogP contribution in [0.3, 0.4) is 0 Å². The molecular weight excluding hydrogens is 376 g/mol. The fraction of sp³-hybridized carbons (Fsp3) is 0.143. The summed E-state index contributed by atoms with van der Waals surface area (Å²) in [4.78, 5) is 29.0. The molecule has 4 aromatic rings. The van der Waals surface area contributed by atoms with Crippen LogP contribution in [0.15, 0.2) is 52.3 Å². The van der Waals surface area contributed by atoms with E-state index in [-0.39, 0.29) is 23.0 Å². The Balaban J connectivity index is 1.73. The van der Waals surface area contributed by atoms with Crippen molar-refractivity contribution >= 4 is 33.4 Å². The molecule has 0 spiro atoms. The standard InChI is InChI=1S/C21H16N2O4S/c1-12-7-8-13(2)14(9-12)15-11-28-20(19(15)21(24)25)23(26)10-18-22-16-5-3-4-6-17(16)27-18/h3-9,11H,10H2,1-2H3/p+1. The summed E-state index contributed by atoms with van der Waals surface area (Å²) in [5, 5.41) is 11.6. The molecule has 0 bridgehead atoms. The number of aromatic carboxylic acids is 1. The molecule has 0 amide bonds. The first kappa shape index (κ1) is 18.1. The number of aryl methyl sites for hydroxylation is 2. The molecule has 4 rings (SSSR count). The number of para-hydroxylation sites is 2. The second-order valence-electron chi connectivity index (χ2n) is 6.57. The van der Waals surface area contributed by atoms with Gasteiger partial charge in [0.05, 0.1) is 4.76 Å². The summed E-state index contributed by atoms with van der Waals surface area (Å²) in [6.45, 7) is 3.70. The highest BCUT2D eigenvalue weighted by molar-refractivity contribution is 7.14. The molecule has 0 saturated carbocycles. The van der Waals surface area contributed by atoms with Crippen LogP contribution < -0.4 is 0 Å². The minimum atomic E-state index is -1.13. The zero-order valence-electron chi connectivity index (χ0n) is 15.3. The summed E-state index contributed by atoms with van der Waals surface area (Å²) in [5.41, 5.74) is 4.59. The van der Waals surface area contributed by atoms with Gasteiger partial charge in [0, 0.05) is 15.9 Å². The number of hydrogen-bond donors (Lipinski definition) is 1. The van der Waals surface area contributed by atoms with Crippen molar-refractivity contribution in [2.45, 2.75) is 20.4 Å². The van der Waals surface area contributed by atoms with E-state index in [1.54, 1.807) is 17.5 Å². The average Bonchev–Trinajstić information content (AvgIpc) is 3.27. The molecule has 2 heterocycles. The molecule has 0 saturated heterocycles. The largest absolute Gasteiger partial charge is 0.477 e. The molecule has 0 fully saturated rings. The maximum atomic E-state index is 12.8. The molecule has 0 aliphatic rings. The monoisotopic (exact) mass is 393 g/mol. The van der Waals surface area contributed by atoms with Crippen LogP contribution in [-0.2, 0) is 6.54 Å². The van der Waals surface area contributed by atoms with Crippen molar-refractivity contribution in [2.24, 2.45) is 0 Å². The van der Waals surface area contributed by atoms with Crippen LogP contribution in [0.1, 0.15) is 27.4 Å². The predicted octanol–water partition coefficient (Wildman–Crippen LogP) is 5.48. The zero-order chi connectivity index (χ0) is 19.8. The first-order valence-electron chi connectivity index (χ1n) is 8.65. The van der Waals surface area contributed by atoms with Gasteiger partial charge < -0.3 is 9.52 Å². The molecule has 2 aromatic heterocycles. The third-order valence-corrected chi connectivity index (χ3v) is 5.50. The van der Waals surface area contributed by atoms with E-state index in [1.807, 2.05) is 44.2 Å². The zero-order valence-corrected chi connectivity index (χ0v) is 16.1. The number of benzene rings is 2. The highest BCUT2D eigenvalue weighted by atomic mass is 32.1. The van der Waals surface area contributed by atoms with Gasteiger partial charge in [-0.05, 0) is 37.1 Å². The minimum Gasteiger partial charge on any atom is -0.477 e. The van der Waals surface area contributed by atoms with Crippen molar-refractivity contribution in [1.29, 1.82) is 0 Å². The lowest BCUT2D eigenvalue weighted by molar-refractivity contribution is -0.479. The smallest absolute Gasteiger partial charge is 0.344 e. The van der Waals surface area contributed by atoms with Gasteiger partial charge in [-0.2, -0.15) is 0 Å². The Hall–Kier alpha value is -3.32. The number of fused-ring (bicyclic) bond motifs is 1. The van der Waals surface area contributed by atoms with Gasteiger partial charge in [0.25, 0.3) is 12.4 Å². The molecule has 0 aliphatic carbocycles. The lowest BCUT2D eigenvalue weighted by atomic mass is 9.97. The van der Waals surface area contributed by atoms with Crippen molar-refractivity contribution in [3.05, 3.63) is 75.3 Å². The topological polar surface area (TPSA) is 83.4 Å². The number of aromatic nitrogens is 1. The molecule has 0 unspecified atom stereocenters. The molecular formula is C21H17N2O4S+. The number of carboxylic acid groups (broad SMARTS) is 1. The van der Waals surface area contributed by atoms with Crippen LogP contribution in [0, 0.1) is 18.8 Å². The van der Waals surface area contributed by atoms with Crippen molar-refractivity contribution in [1.82, 2.24) is 4.98 Å². The number of rotatable bonds is 5. The Morgan fingerprint density at radius 1 is 1.18 bits per heavy atom. The third-order valence-electron chi connectivity index (χ3n) is 4.51. The van der Waals surface area contributed by atoms with Crippen LogP contribution in [-0.4, -0.2) is 20.8 Å². The molecule has 0 radical (unpaired) electrons. The van der Waals surface area contributed by atoms with Gasteiger partial charge in [-0.1, -0.05) is 47.2 Å². The van der Waals surface area contributed by atoms with Gasteiger partial charge in [-0.15, -0.1) is 0 Å². The van der Waals surface area contributed by atoms with Gasteiger partial charge in [0.2, 0.25) is 0 Å². The van der Waals surface area contributed by atoms with E-state index in [1.165, 1.54) is 0 Å². The predicted molar refractivity (Wildman–Crippen MR) is 107 cm³/mol. The van der Waals surface area contributed by atoms with Crippen molar-refractivity contribution in [3.63, 3.8) is 0 Å². The van der Waals surface area contributed by atoms with E-state index in [0.717, 1.165) is 28.0 Å². The first-order chi connectivity index (χ1) is 13.4. The molecule has 2 aromatic carbocycles. The molecule has 6 nitrogen and oxygen atoms in total. The normalized spacial score (nSPS) is 11.1. The summed E-state index contributed by atoms with van der Waals surface area (Å²) in [6, 6.07) is 13.1. The number of oxazole rings is 1. The number of carbonyl (C=O) groups is 1. The van der Waals surface area contributed by atoms with E-state index in [0.29, 0.717) is 21.4 Å². The minimum absolute atomic E-state index is 0.00445. The van der Waals surface area contributed by atoms with Gasteiger partial charge in [-0.25, -0.2) is 9.78 Å². The Morgan fingerprint density at radius 3 is 2.71 bits per heavy atom. The van der Waals surface area contributed by atoms with E-state index in [4.69, 9.17) is 4.42 Å². The van der Waals surface area contributed by atoms with Crippen LogP contribution in [0.2, 0.25) is 0 Å². The number of thiophene rings is 1. The van der Waals surface area contributed by atoms with Crippen LogP contribution >= 0.6 is 11.3 Å². The fourth-order valence-corrected chi connectivity index (χ4v) is 4.12. The number of nitroso groups, excluding NO2 is 1. The molecule has 28 heavy (non-hydrogen) atoms. The van der Waals surface area contributed by atoms with Gasteiger partial charge in [0.15, 0.2) is 11.1 Å². The molecule has 7 heteroatoms. The van der Waals surface area contributed by atoms with E-state index in [9.17, 15) is 14.8 Å². The summed E-state index contributed by atoms with van der Waals surface area (Å²) >= 11 is 1.11. The SMILES string of the molecule is Cc1ccc(C)c(-c2csc([N+](=O)Cc3nc4ccccc4o3)c2C(=O)O)c1. The molecule has 0 aliphatic heterocycles. The second-order valence-corrected chi connectivity index (χ2v) is 7.42. The fourth-order valence-electron chi connectivity index (χ4n) is 3.14. The highest BCUT2D eigenvalue weighted by Crippen LogP contribution is 2.39. The van der Waals surface area contributed by atoms with Crippen LogP contribution in [0.4, 0.5) is 5.00 Å². The van der Waals surface area contributed by atoms with Crippen LogP contribution in [0.5, 0.6) is 0 Å². The van der Waals surface area contributed by atoms with Gasteiger partial charge >= 0.3 is 11.0 Å². The summed E-state index contributed by atoms with van der Waals surface area (Å²) < 4.78 is 6.22.